The van der Waals surface area contributed by atoms with Gasteiger partial charge in [-0.3, -0.25) is 14.8 Å². The van der Waals surface area contributed by atoms with Gasteiger partial charge in [-0.15, -0.1) is 11.3 Å². The van der Waals surface area contributed by atoms with Crippen LogP contribution in [0, 0.1) is 0 Å². The van der Waals surface area contributed by atoms with Crippen LogP contribution in [0.25, 0.3) is 21.2 Å². The second kappa shape index (κ2) is 7.28. The number of carbonyl (C=O) groups is 1. The molecule has 2 aromatic heterocycles. The minimum atomic E-state index is 0.138. The van der Waals surface area contributed by atoms with Crippen LogP contribution in [0.2, 0.25) is 0 Å². The Morgan fingerprint density at radius 3 is 2.68 bits per heavy atom. The van der Waals surface area contributed by atoms with Crippen molar-refractivity contribution in [2.75, 3.05) is 0 Å². The van der Waals surface area contributed by atoms with Crippen molar-refractivity contribution in [1.82, 2.24) is 9.97 Å². The highest BCUT2D eigenvalue weighted by molar-refractivity contribution is 7.13. The highest BCUT2D eigenvalue weighted by Crippen LogP contribution is 2.27. The van der Waals surface area contributed by atoms with Crippen LogP contribution >= 0.6 is 11.3 Å². The van der Waals surface area contributed by atoms with E-state index in [0.717, 1.165) is 45.3 Å². The fourth-order valence-electron chi connectivity index (χ4n) is 3.97. The highest BCUT2D eigenvalue weighted by atomic mass is 32.1. The molecule has 0 bridgehead atoms. The van der Waals surface area contributed by atoms with Gasteiger partial charge < -0.3 is 0 Å². The summed E-state index contributed by atoms with van der Waals surface area (Å²) in [5.74, 6) is 0.138. The number of aromatic nitrogens is 2. The van der Waals surface area contributed by atoms with E-state index in [1.807, 2.05) is 30.0 Å². The van der Waals surface area contributed by atoms with Gasteiger partial charge in [-0.2, -0.15) is 0 Å². The first-order chi connectivity index (χ1) is 13.8. The molecule has 138 valence electrons. The Labute approximate surface area is 168 Å². The van der Waals surface area contributed by atoms with E-state index in [1.165, 1.54) is 24.0 Å². The number of ketones is 1. The lowest BCUT2D eigenvalue weighted by Crippen LogP contribution is -2.08. The number of hydrogen-bond donors (Lipinski definition) is 0. The van der Waals surface area contributed by atoms with Gasteiger partial charge in [-0.05, 0) is 66.0 Å². The number of thiazole rings is 1. The first-order valence-electron chi connectivity index (χ1n) is 9.69. The standard InChI is InChI=1S/C24H20N2OS/c27-23(18-6-5-16-3-1-2-4-17(16)9-18)12-22-11-21-10-19(24-14-25-15-28-24)7-8-20(21)13-26-22/h5-11,13-15H,1-4,12H2. The van der Waals surface area contributed by atoms with E-state index in [0.29, 0.717) is 6.42 Å². The van der Waals surface area contributed by atoms with Crippen LogP contribution in [0.4, 0.5) is 0 Å². The summed E-state index contributed by atoms with van der Waals surface area (Å²) >= 11 is 1.63. The minimum absolute atomic E-state index is 0.138. The average Bonchev–Trinajstić information content (AvgIpc) is 3.28. The van der Waals surface area contributed by atoms with E-state index in [1.54, 1.807) is 11.3 Å². The Morgan fingerprint density at radius 1 is 0.929 bits per heavy atom. The molecule has 2 aromatic carbocycles. The van der Waals surface area contributed by atoms with Gasteiger partial charge in [0.05, 0.1) is 16.8 Å². The fraction of sp³-hybridized carbons (Fsp3) is 0.208. The number of fused-ring (bicyclic) bond motifs is 2. The quantitative estimate of drug-likeness (QED) is 0.426. The van der Waals surface area contributed by atoms with Crippen LogP contribution in [0.3, 0.4) is 0 Å². The summed E-state index contributed by atoms with van der Waals surface area (Å²) in [7, 11) is 0. The van der Waals surface area contributed by atoms with Gasteiger partial charge >= 0.3 is 0 Å². The van der Waals surface area contributed by atoms with Crippen molar-refractivity contribution in [3.63, 3.8) is 0 Å². The molecule has 0 fully saturated rings. The van der Waals surface area contributed by atoms with Crippen molar-refractivity contribution < 1.29 is 4.79 Å². The number of carbonyl (C=O) groups excluding carboxylic acids is 1. The number of Topliss-reactive ketones (excluding diaryl/α,β-unsaturated/α-hetero) is 1. The maximum absolute atomic E-state index is 12.8. The SMILES string of the molecule is O=C(Cc1cc2cc(-c3cncs3)ccc2cn1)c1ccc2c(c1)CCCC2. The molecule has 0 atom stereocenters. The largest absolute Gasteiger partial charge is 0.294 e. The number of nitrogens with zero attached hydrogens (tertiary/aromatic N) is 2. The molecule has 3 nitrogen and oxygen atoms in total. The molecular formula is C24H20N2OS. The third-order valence-electron chi connectivity index (χ3n) is 5.51. The summed E-state index contributed by atoms with van der Waals surface area (Å²) < 4.78 is 0. The second-order valence-electron chi connectivity index (χ2n) is 7.39. The lowest BCUT2D eigenvalue weighted by molar-refractivity contribution is 0.0992. The summed E-state index contributed by atoms with van der Waals surface area (Å²) in [6, 6.07) is 14.6. The molecular weight excluding hydrogens is 364 g/mol. The second-order valence-corrected chi connectivity index (χ2v) is 8.28. The third-order valence-corrected chi connectivity index (χ3v) is 6.33. The van der Waals surface area contributed by atoms with Gasteiger partial charge in [0.25, 0.3) is 0 Å². The zero-order valence-corrected chi connectivity index (χ0v) is 16.3. The molecule has 0 unspecified atom stereocenters. The highest BCUT2D eigenvalue weighted by Gasteiger charge is 2.14. The maximum Gasteiger partial charge on any atom is 0.168 e. The first-order valence-corrected chi connectivity index (χ1v) is 10.6. The molecule has 2 heterocycles. The van der Waals surface area contributed by atoms with Gasteiger partial charge in [0, 0.05) is 29.0 Å². The van der Waals surface area contributed by atoms with Gasteiger partial charge in [0.15, 0.2) is 5.78 Å². The van der Waals surface area contributed by atoms with E-state index < -0.39 is 0 Å². The molecule has 0 N–H and O–H groups in total. The normalized spacial score (nSPS) is 13.4. The van der Waals surface area contributed by atoms with Crippen LogP contribution in [0.15, 0.2) is 60.4 Å². The fourth-order valence-corrected chi connectivity index (χ4v) is 4.59. The van der Waals surface area contributed by atoms with Crippen LogP contribution in [0.5, 0.6) is 0 Å². The van der Waals surface area contributed by atoms with Gasteiger partial charge in [-0.25, -0.2) is 0 Å². The molecule has 28 heavy (non-hydrogen) atoms. The van der Waals surface area contributed by atoms with Crippen molar-refractivity contribution in [2.45, 2.75) is 32.1 Å². The molecule has 0 spiro atoms. The molecule has 0 amide bonds. The van der Waals surface area contributed by atoms with E-state index in [4.69, 9.17) is 0 Å². The maximum atomic E-state index is 12.8. The molecule has 0 saturated carbocycles. The lowest BCUT2D eigenvalue weighted by atomic mass is 9.89. The predicted octanol–water partition coefficient (Wildman–Crippen LogP) is 5.66. The predicted molar refractivity (Wildman–Crippen MR) is 114 cm³/mol. The minimum Gasteiger partial charge on any atom is -0.294 e. The molecule has 5 rings (SSSR count). The average molecular weight is 385 g/mol. The van der Waals surface area contributed by atoms with Crippen molar-refractivity contribution in [3.8, 4) is 10.4 Å². The van der Waals surface area contributed by atoms with Crippen LogP contribution in [-0.4, -0.2) is 15.8 Å². The molecule has 1 aliphatic rings. The number of pyridine rings is 1. The van der Waals surface area contributed by atoms with E-state index in [-0.39, 0.29) is 5.78 Å². The lowest BCUT2D eigenvalue weighted by Gasteiger charge is -2.16. The van der Waals surface area contributed by atoms with E-state index in [9.17, 15) is 4.79 Å². The molecule has 4 aromatic rings. The zero-order chi connectivity index (χ0) is 18.9. The summed E-state index contributed by atoms with van der Waals surface area (Å²) in [4.78, 5) is 22.7. The van der Waals surface area contributed by atoms with Crippen LogP contribution in [0.1, 0.15) is 40.0 Å². The summed E-state index contributed by atoms with van der Waals surface area (Å²) in [5, 5.41) is 2.19. The van der Waals surface area contributed by atoms with E-state index >= 15 is 0 Å². The number of rotatable bonds is 4. The molecule has 0 saturated heterocycles. The number of aryl methyl sites for hydroxylation is 2. The monoisotopic (exact) mass is 384 g/mol. The third kappa shape index (κ3) is 3.36. The topological polar surface area (TPSA) is 42.9 Å². The first kappa shape index (κ1) is 17.3. The zero-order valence-electron chi connectivity index (χ0n) is 15.5. The van der Waals surface area contributed by atoms with Gasteiger partial charge in [-0.1, -0.05) is 24.3 Å². The van der Waals surface area contributed by atoms with Crippen molar-refractivity contribution >= 4 is 27.9 Å². The Morgan fingerprint density at radius 2 is 1.82 bits per heavy atom. The van der Waals surface area contributed by atoms with E-state index in [2.05, 4.69) is 40.3 Å². The number of hydrogen-bond acceptors (Lipinski definition) is 4. The molecule has 0 radical (unpaired) electrons. The summed E-state index contributed by atoms with van der Waals surface area (Å²) in [6.07, 6.45) is 8.78. The van der Waals surface area contributed by atoms with Crippen molar-refractivity contribution in [2.24, 2.45) is 0 Å². The van der Waals surface area contributed by atoms with Crippen molar-refractivity contribution in [3.05, 3.63) is 82.8 Å². The summed E-state index contributed by atoms with van der Waals surface area (Å²) in [5.41, 5.74) is 7.36. The Kier molecular flexibility index (Phi) is 4.49. The summed E-state index contributed by atoms with van der Waals surface area (Å²) in [6.45, 7) is 0. The number of benzene rings is 2. The Bertz CT molecular complexity index is 1160. The molecule has 1 aliphatic carbocycles. The van der Waals surface area contributed by atoms with Crippen molar-refractivity contribution in [1.29, 1.82) is 0 Å². The van der Waals surface area contributed by atoms with Crippen LogP contribution < -0.4 is 0 Å². The van der Waals surface area contributed by atoms with Gasteiger partial charge in [0.1, 0.15) is 0 Å². The van der Waals surface area contributed by atoms with Crippen LogP contribution in [-0.2, 0) is 19.3 Å². The smallest absolute Gasteiger partial charge is 0.168 e. The Hall–Kier alpha value is -2.85. The van der Waals surface area contributed by atoms with Gasteiger partial charge in [0.2, 0.25) is 0 Å². The molecule has 4 heteroatoms. The Balaban J connectivity index is 1.42. The molecule has 0 aliphatic heterocycles.